The van der Waals surface area contributed by atoms with Crippen molar-refractivity contribution in [1.82, 2.24) is 19.6 Å². The maximum atomic E-state index is 14.6. The highest BCUT2D eigenvalue weighted by atomic mass is 16.5. The zero-order valence-electron chi connectivity index (χ0n) is 28.9. The van der Waals surface area contributed by atoms with Gasteiger partial charge in [0.2, 0.25) is 0 Å². The Morgan fingerprint density at radius 3 is 2.29 bits per heavy atom. The van der Waals surface area contributed by atoms with Crippen molar-refractivity contribution in [3.05, 3.63) is 113 Å². The fraction of sp³-hybridized carbons (Fsp3) is 0.385. The molecular weight excluding hydrogens is 618 g/mol. The van der Waals surface area contributed by atoms with Gasteiger partial charge in [0.1, 0.15) is 0 Å². The van der Waals surface area contributed by atoms with E-state index in [1.165, 1.54) is 7.11 Å². The first-order valence-corrected chi connectivity index (χ1v) is 17.2. The Balaban J connectivity index is 1.54. The van der Waals surface area contributed by atoms with E-state index in [4.69, 9.17) is 9.84 Å². The predicted molar refractivity (Wildman–Crippen MR) is 190 cm³/mol. The first-order valence-electron chi connectivity index (χ1n) is 17.2. The Bertz CT molecular complexity index is 1750. The van der Waals surface area contributed by atoms with E-state index in [1.54, 1.807) is 33.8 Å². The smallest absolute Gasteiger partial charge is 0.274 e. The standard InChI is InChI=1S/C39H47N5O5/c1-5-7-20-42(21-8-6-2)39(48)34-22-27(3)44(41-34)35-19-18-31(40-37(46)36(49-4)28-14-10-9-11-15-28)24-33(35)38(47)43-25-30-17-13-12-16-29(30)23-32(43)26-45/h9-19,22,24,32,36,45H,5-8,20-21,23,25-26H2,1-4H3,(H,40,46)/t32-,36?/m0/s1. The predicted octanol–water partition coefficient (Wildman–Crippen LogP) is 6.11. The molecule has 0 aliphatic carbocycles. The second-order valence-corrected chi connectivity index (χ2v) is 12.6. The van der Waals surface area contributed by atoms with Gasteiger partial charge in [-0.05, 0) is 67.1 Å². The maximum absolute atomic E-state index is 14.6. The Morgan fingerprint density at radius 2 is 1.63 bits per heavy atom. The van der Waals surface area contributed by atoms with E-state index in [0.29, 0.717) is 54.4 Å². The molecule has 1 aliphatic rings. The Labute approximate surface area is 288 Å². The lowest BCUT2D eigenvalue weighted by Gasteiger charge is -2.36. The minimum atomic E-state index is -0.859. The summed E-state index contributed by atoms with van der Waals surface area (Å²) < 4.78 is 7.16. The average molecular weight is 666 g/mol. The minimum Gasteiger partial charge on any atom is -0.394 e. The number of aliphatic hydroxyl groups excluding tert-OH is 1. The largest absolute Gasteiger partial charge is 0.394 e. The second kappa shape index (κ2) is 16.5. The van der Waals surface area contributed by atoms with Gasteiger partial charge in [0.25, 0.3) is 17.7 Å². The number of methoxy groups -OCH3 is 1. The van der Waals surface area contributed by atoms with Crippen LogP contribution in [0.15, 0.2) is 78.9 Å². The first-order chi connectivity index (χ1) is 23.8. The van der Waals surface area contributed by atoms with Crippen LogP contribution in [0.3, 0.4) is 0 Å². The van der Waals surface area contributed by atoms with Gasteiger partial charge in [-0.3, -0.25) is 14.4 Å². The van der Waals surface area contributed by atoms with Crippen LogP contribution in [0.1, 0.15) is 88.9 Å². The Morgan fingerprint density at radius 1 is 0.959 bits per heavy atom. The number of nitrogens with zero attached hydrogens (tertiary/aromatic N) is 4. The number of benzene rings is 3. The summed E-state index contributed by atoms with van der Waals surface area (Å²) in [5, 5.41) is 18.1. The molecule has 2 N–H and O–H groups in total. The van der Waals surface area contributed by atoms with Crippen LogP contribution in [0, 0.1) is 6.92 Å². The molecule has 1 aromatic heterocycles. The third kappa shape index (κ3) is 8.09. The molecule has 1 unspecified atom stereocenters. The highest BCUT2D eigenvalue weighted by molar-refractivity contribution is 6.01. The van der Waals surface area contributed by atoms with Crippen LogP contribution in [0.25, 0.3) is 5.69 Å². The number of aliphatic hydroxyl groups is 1. The molecule has 10 nitrogen and oxygen atoms in total. The van der Waals surface area contributed by atoms with Crippen molar-refractivity contribution in [1.29, 1.82) is 0 Å². The van der Waals surface area contributed by atoms with E-state index in [1.807, 2.05) is 66.4 Å². The molecule has 1 aliphatic heterocycles. The number of rotatable bonds is 14. The zero-order valence-corrected chi connectivity index (χ0v) is 28.9. The molecule has 0 spiro atoms. The third-order valence-electron chi connectivity index (χ3n) is 9.08. The second-order valence-electron chi connectivity index (χ2n) is 12.6. The van der Waals surface area contributed by atoms with Gasteiger partial charge >= 0.3 is 0 Å². The van der Waals surface area contributed by atoms with Crippen molar-refractivity contribution >= 4 is 23.4 Å². The van der Waals surface area contributed by atoms with Gasteiger partial charge in [-0.1, -0.05) is 81.3 Å². The number of aryl methyl sites for hydroxylation is 1. The molecule has 3 aromatic carbocycles. The van der Waals surface area contributed by atoms with Crippen LogP contribution in [-0.2, 0) is 22.5 Å². The molecular formula is C39H47N5O5. The number of amides is 3. The van der Waals surface area contributed by atoms with E-state index < -0.39 is 12.1 Å². The monoisotopic (exact) mass is 665 g/mol. The van der Waals surface area contributed by atoms with Gasteiger partial charge in [0.05, 0.1) is 23.9 Å². The highest BCUT2D eigenvalue weighted by Gasteiger charge is 2.32. The number of carbonyl (C=O) groups excluding carboxylic acids is 3. The molecule has 0 radical (unpaired) electrons. The van der Waals surface area contributed by atoms with E-state index in [9.17, 15) is 19.5 Å². The van der Waals surface area contributed by atoms with Crippen molar-refractivity contribution in [3.63, 3.8) is 0 Å². The van der Waals surface area contributed by atoms with E-state index in [2.05, 4.69) is 19.2 Å². The van der Waals surface area contributed by atoms with Gasteiger partial charge in [0.15, 0.2) is 11.8 Å². The van der Waals surface area contributed by atoms with E-state index in [-0.39, 0.29) is 29.9 Å². The molecule has 0 fully saturated rings. The molecule has 0 bridgehead atoms. The number of hydrogen-bond donors (Lipinski definition) is 2. The molecule has 49 heavy (non-hydrogen) atoms. The first kappa shape index (κ1) is 35.5. The Hall–Kier alpha value is -4.80. The summed E-state index contributed by atoms with van der Waals surface area (Å²) in [5.41, 5.74) is 4.96. The quantitative estimate of drug-likeness (QED) is 0.168. The summed E-state index contributed by atoms with van der Waals surface area (Å²) in [6.07, 6.45) is 3.42. The van der Waals surface area contributed by atoms with Gasteiger partial charge < -0.3 is 25.0 Å². The summed E-state index contributed by atoms with van der Waals surface area (Å²) in [6.45, 7) is 7.49. The molecule has 10 heteroatoms. The highest BCUT2D eigenvalue weighted by Crippen LogP contribution is 2.29. The van der Waals surface area contributed by atoms with Gasteiger partial charge in [0, 0.05) is 38.1 Å². The molecule has 2 heterocycles. The summed E-state index contributed by atoms with van der Waals surface area (Å²) in [5.74, 6) is -0.844. The number of aromatic nitrogens is 2. The summed E-state index contributed by atoms with van der Waals surface area (Å²) in [6, 6.07) is 23.5. The van der Waals surface area contributed by atoms with E-state index >= 15 is 0 Å². The zero-order chi connectivity index (χ0) is 34.9. The van der Waals surface area contributed by atoms with Crippen molar-refractivity contribution in [3.8, 4) is 5.69 Å². The van der Waals surface area contributed by atoms with Crippen LogP contribution in [-0.4, -0.2) is 75.3 Å². The Kier molecular flexibility index (Phi) is 12.0. The van der Waals surface area contributed by atoms with Crippen LogP contribution >= 0.6 is 0 Å². The van der Waals surface area contributed by atoms with Gasteiger partial charge in [-0.2, -0.15) is 5.10 Å². The number of carbonyl (C=O) groups is 3. The van der Waals surface area contributed by atoms with Crippen LogP contribution in [0.4, 0.5) is 5.69 Å². The molecule has 0 saturated heterocycles. The lowest BCUT2D eigenvalue weighted by molar-refractivity contribution is -0.126. The van der Waals surface area contributed by atoms with Crippen LogP contribution in [0.2, 0.25) is 0 Å². The van der Waals surface area contributed by atoms with Crippen molar-refractivity contribution in [2.24, 2.45) is 0 Å². The molecule has 2 atom stereocenters. The third-order valence-corrected chi connectivity index (χ3v) is 9.08. The number of nitrogens with one attached hydrogen (secondary N) is 1. The number of unbranched alkanes of at least 4 members (excludes halogenated alkanes) is 2. The molecule has 258 valence electrons. The number of ether oxygens (including phenoxy) is 1. The topological polar surface area (TPSA) is 117 Å². The maximum Gasteiger partial charge on any atom is 0.274 e. The van der Waals surface area contributed by atoms with Gasteiger partial charge in [-0.15, -0.1) is 0 Å². The minimum absolute atomic E-state index is 0.139. The van der Waals surface area contributed by atoms with Crippen molar-refractivity contribution in [2.75, 3.05) is 32.1 Å². The summed E-state index contributed by atoms with van der Waals surface area (Å²) in [7, 11) is 1.48. The lowest BCUT2D eigenvalue weighted by atomic mass is 9.93. The van der Waals surface area contributed by atoms with Crippen molar-refractivity contribution < 1.29 is 24.2 Å². The fourth-order valence-electron chi connectivity index (χ4n) is 6.34. The molecule has 0 saturated carbocycles. The number of anilines is 1. The number of fused-ring (bicyclic) bond motifs is 1. The average Bonchev–Trinajstić information content (AvgIpc) is 3.52. The van der Waals surface area contributed by atoms with Crippen LogP contribution < -0.4 is 5.32 Å². The number of hydrogen-bond acceptors (Lipinski definition) is 6. The van der Waals surface area contributed by atoms with Crippen molar-refractivity contribution in [2.45, 2.75) is 71.6 Å². The summed E-state index contributed by atoms with van der Waals surface area (Å²) >= 11 is 0. The normalized spacial score (nSPS) is 14.6. The SMILES string of the molecule is CCCCN(CCCC)C(=O)c1cc(C)n(-c2ccc(NC(=O)C(OC)c3ccccc3)cc2C(=O)N2Cc3ccccc3C[C@H]2CO)n1. The molecule has 3 amide bonds. The lowest BCUT2D eigenvalue weighted by Crippen LogP contribution is -2.46. The fourth-order valence-corrected chi connectivity index (χ4v) is 6.34. The van der Waals surface area contributed by atoms with Gasteiger partial charge in [-0.25, -0.2) is 4.68 Å². The van der Waals surface area contributed by atoms with Crippen LogP contribution in [0.5, 0.6) is 0 Å². The van der Waals surface area contributed by atoms with E-state index in [0.717, 1.165) is 36.8 Å². The summed E-state index contributed by atoms with van der Waals surface area (Å²) in [4.78, 5) is 45.2. The molecule has 5 rings (SSSR count). The molecule has 4 aromatic rings.